The fourth-order valence-electron chi connectivity index (χ4n) is 1.72. The third-order valence-electron chi connectivity index (χ3n) is 2.63. The minimum atomic E-state index is -0.179. The van der Waals surface area contributed by atoms with Gasteiger partial charge in [-0.3, -0.25) is 0 Å². The summed E-state index contributed by atoms with van der Waals surface area (Å²) in [7, 11) is 0. The van der Waals surface area contributed by atoms with Gasteiger partial charge in [-0.05, 0) is 24.1 Å². The first kappa shape index (κ1) is 12.9. The molecule has 1 nitrogen and oxygen atoms in total. The van der Waals surface area contributed by atoms with Crippen molar-refractivity contribution < 1.29 is 4.39 Å². The zero-order valence-electron chi connectivity index (χ0n) is 9.88. The maximum Gasteiger partial charge on any atom is 0.123 e. The van der Waals surface area contributed by atoms with E-state index in [0.717, 1.165) is 18.5 Å². The van der Waals surface area contributed by atoms with Crippen LogP contribution in [-0.4, -0.2) is 6.54 Å². The highest BCUT2D eigenvalue weighted by atomic mass is 19.1. The number of hydrogen-bond donors (Lipinski definition) is 1. The van der Waals surface area contributed by atoms with Gasteiger partial charge < -0.3 is 5.32 Å². The molecule has 0 aliphatic carbocycles. The van der Waals surface area contributed by atoms with Crippen molar-refractivity contribution in [3.05, 3.63) is 48.3 Å². The molecule has 1 unspecified atom stereocenters. The van der Waals surface area contributed by atoms with Gasteiger partial charge in [0.05, 0.1) is 0 Å². The zero-order chi connectivity index (χ0) is 11.8. The highest BCUT2D eigenvalue weighted by Gasteiger charge is 2.09. The van der Waals surface area contributed by atoms with Gasteiger partial charge in [0.15, 0.2) is 0 Å². The Hall–Kier alpha value is -1.15. The molecule has 0 radical (unpaired) electrons. The van der Waals surface area contributed by atoms with Gasteiger partial charge in [0.25, 0.3) is 0 Å². The van der Waals surface area contributed by atoms with Crippen LogP contribution in [0, 0.1) is 5.82 Å². The van der Waals surface area contributed by atoms with Gasteiger partial charge in [-0.1, -0.05) is 38.0 Å². The maximum absolute atomic E-state index is 12.8. The molecule has 1 atom stereocenters. The summed E-state index contributed by atoms with van der Waals surface area (Å²) in [5, 5.41) is 3.40. The number of rotatable bonds is 7. The molecule has 0 heterocycles. The molecule has 0 spiro atoms. The van der Waals surface area contributed by atoms with Gasteiger partial charge in [0.2, 0.25) is 0 Å². The van der Waals surface area contributed by atoms with Crippen LogP contribution in [0.2, 0.25) is 0 Å². The minimum absolute atomic E-state index is 0.179. The Morgan fingerprint density at radius 1 is 1.38 bits per heavy atom. The lowest BCUT2D eigenvalue weighted by Gasteiger charge is -2.18. The van der Waals surface area contributed by atoms with E-state index >= 15 is 0 Å². The largest absolute Gasteiger partial charge is 0.306 e. The molecule has 2 heteroatoms. The summed E-state index contributed by atoms with van der Waals surface area (Å²) < 4.78 is 12.8. The van der Waals surface area contributed by atoms with Crippen molar-refractivity contribution in [1.29, 1.82) is 0 Å². The molecule has 0 amide bonds. The Labute approximate surface area is 97.4 Å². The molecule has 0 fully saturated rings. The summed E-state index contributed by atoms with van der Waals surface area (Å²) in [5.41, 5.74) is 1.15. The van der Waals surface area contributed by atoms with E-state index in [0.29, 0.717) is 6.04 Å². The fourth-order valence-corrected chi connectivity index (χ4v) is 1.72. The average Bonchev–Trinajstić information content (AvgIpc) is 2.31. The van der Waals surface area contributed by atoms with E-state index in [9.17, 15) is 4.39 Å². The van der Waals surface area contributed by atoms with Crippen LogP contribution in [0.1, 0.15) is 37.8 Å². The van der Waals surface area contributed by atoms with E-state index in [-0.39, 0.29) is 5.82 Å². The lowest BCUT2D eigenvalue weighted by Crippen LogP contribution is -2.21. The van der Waals surface area contributed by atoms with E-state index < -0.39 is 0 Å². The highest BCUT2D eigenvalue weighted by molar-refractivity contribution is 5.20. The third kappa shape index (κ3) is 4.15. The van der Waals surface area contributed by atoms with E-state index in [2.05, 4.69) is 18.8 Å². The molecule has 16 heavy (non-hydrogen) atoms. The zero-order valence-corrected chi connectivity index (χ0v) is 9.88. The molecular weight excluding hydrogens is 201 g/mol. The first-order valence-corrected chi connectivity index (χ1v) is 5.87. The monoisotopic (exact) mass is 221 g/mol. The number of hydrogen-bond acceptors (Lipinski definition) is 1. The molecule has 1 rings (SSSR count). The van der Waals surface area contributed by atoms with Gasteiger partial charge in [0.1, 0.15) is 5.82 Å². The van der Waals surface area contributed by atoms with Gasteiger partial charge in [0, 0.05) is 12.6 Å². The molecule has 0 aromatic heterocycles. The average molecular weight is 221 g/mol. The smallest absolute Gasteiger partial charge is 0.123 e. The fraction of sp³-hybridized carbons (Fsp3) is 0.429. The van der Waals surface area contributed by atoms with Crippen LogP contribution in [0.15, 0.2) is 36.9 Å². The predicted octanol–water partition coefficient (Wildman–Crippen LogP) is 3.83. The number of halogens is 1. The highest BCUT2D eigenvalue weighted by Crippen LogP contribution is 2.19. The van der Waals surface area contributed by atoms with Crippen molar-refractivity contribution in [3.63, 3.8) is 0 Å². The Balaban J connectivity index is 2.66. The maximum atomic E-state index is 12.8. The first-order chi connectivity index (χ1) is 7.77. The molecule has 0 aliphatic rings. The second-order valence-electron chi connectivity index (χ2n) is 3.94. The first-order valence-electron chi connectivity index (χ1n) is 5.87. The predicted molar refractivity (Wildman–Crippen MR) is 66.9 cm³/mol. The standard InChI is InChI=1S/C14H20FN/c1-3-5-6-14(16-11-4-2)12-7-9-13(15)10-8-12/h4,7-10,14,16H,2-3,5-6,11H2,1H3. The van der Waals surface area contributed by atoms with Crippen LogP contribution in [0.3, 0.4) is 0 Å². The van der Waals surface area contributed by atoms with Gasteiger partial charge >= 0.3 is 0 Å². The van der Waals surface area contributed by atoms with E-state index in [1.165, 1.54) is 25.0 Å². The number of unbranched alkanes of at least 4 members (excludes halogenated alkanes) is 1. The van der Waals surface area contributed by atoms with Crippen LogP contribution < -0.4 is 5.32 Å². The van der Waals surface area contributed by atoms with E-state index in [1.807, 2.05) is 18.2 Å². The number of nitrogens with one attached hydrogen (secondary N) is 1. The molecule has 0 saturated carbocycles. The molecule has 1 aromatic carbocycles. The second kappa shape index (κ2) is 7.18. The molecule has 0 aliphatic heterocycles. The van der Waals surface area contributed by atoms with Crippen LogP contribution in [0.5, 0.6) is 0 Å². The van der Waals surface area contributed by atoms with Crippen LogP contribution in [0.4, 0.5) is 4.39 Å². The Kier molecular flexibility index (Phi) is 5.79. The molecule has 1 N–H and O–H groups in total. The molecule has 1 aromatic rings. The van der Waals surface area contributed by atoms with Crippen molar-refractivity contribution in [1.82, 2.24) is 5.32 Å². The van der Waals surface area contributed by atoms with Crippen molar-refractivity contribution in [2.75, 3.05) is 6.54 Å². The summed E-state index contributed by atoms with van der Waals surface area (Å²) in [6.07, 6.45) is 5.28. The molecule has 88 valence electrons. The molecular formula is C14H20FN. The van der Waals surface area contributed by atoms with Gasteiger partial charge in [-0.25, -0.2) is 4.39 Å². The number of benzene rings is 1. The second-order valence-corrected chi connectivity index (χ2v) is 3.94. The van der Waals surface area contributed by atoms with Crippen LogP contribution in [0.25, 0.3) is 0 Å². The van der Waals surface area contributed by atoms with Gasteiger partial charge in [-0.15, -0.1) is 6.58 Å². The third-order valence-corrected chi connectivity index (χ3v) is 2.63. The molecule has 0 bridgehead atoms. The molecule has 0 saturated heterocycles. The van der Waals surface area contributed by atoms with E-state index in [4.69, 9.17) is 0 Å². The van der Waals surface area contributed by atoms with Crippen LogP contribution >= 0.6 is 0 Å². The lowest BCUT2D eigenvalue weighted by atomic mass is 10.0. The van der Waals surface area contributed by atoms with Crippen LogP contribution in [-0.2, 0) is 0 Å². The van der Waals surface area contributed by atoms with Crippen molar-refractivity contribution in [2.45, 2.75) is 32.2 Å². The van der Waals surface area contributed by atoms with Crippen molar-refractivity contribution >= 4 is 0 Å². The normalized spacial score (nSPS) is 12.4. The van der Waals surface area contributed by atoms with Crippen molar-refractivity contribution in [3.8, 4) is 0 Å². The lowest BCUT2D eigenvalue weighted by molar-refractivity contribution is 0.503. The summed E-state index contributed by atoms with van der Waals surface area (Å²) in [4.78, 5) is 0. The Morgan fingerprint density at radius 3 is 2.62 bits per heavy atom. The van der Waals surface area contributed by atoms with Crippen molar-refractivity contribution in [2.24, 2.45) is 0 Å². The minimum Gasteiger partial charge on any atom is -0.306 e. The summed E-state index contributed by atoms with van der Waals surface area (Å²) in [5.74, 6) is -0.179. The van der Waals surface area contributed by atoms with E-state index in [1.54, 1.807) is 0 Å². The summed E-state index contributed by atoms with van der Waals surface area (Å²) in [6, 6.07) is 7.05. The SMILES string of the molecule is C=CCNC(CCCC)c1ccc(F)cc1. The quantitative estimate of drug-likeness (QED) is 0.690. The summed E-state index contributed by atoms with van der Waals surface area (Å²) in [6.45, 7) is 6.66. The Morgan fingerprint density at radius 2 is 2.06 bits per heavy atom. The summed E-state index contributed by atoms with van der Waals surface area (Å²) >= 11 is 0. The topological polar surface area (TPSA) is 12.0 Å². The van der Waals surface area contributed by atoms with Gasteiger partial charge in [-0.2, -0.15) is 0 Å². The Bertz CT molecular complexity index is 305.